The van der Waals surface area contributed by atoms with Crippen molar-refractivity contribution in [3.63, 3.8) is 0 Å². The van der Waals surface area contributed by atoms with E-state index in [1.54, 1.807) is 18.9 Å². The number of carbonyl (C=O) groups excluding carboxylic acids is 1. The molecule has 0 bridgehead atoms. The number of anilines is 1. The summed E-state index contributed by atoms with van der Waals surface area (Å²) in [6, 6.07) is 4.24. The normalized spacial score (nSPS) is 11.9. The predicted octanol–water partition coefficient (Wildman–Crippen LogP) is 1.22. The highest BCUT2D eigenvalue weighted by atomic mass is 16.6. The largest absolute Gasteiger partial charge is 0.392 e. The fourth-order valence-corrected chi connectivity index (χ4v) is 1.58. The maximum Gasteiger partial charge on any atom is 0.293 e. The van der Waals surface area contributed by atoms with Crippen molar-refractivity contribution in [3.8, 4) is 0 Å². The van der Waals surface area contributed by atoms with Gasteiger partial charge in [0.05, 0.1) is 11.0 Å². The summed E-state index contributed by atoms with van der Waals surface area (Å²) < 4.78 is 0. The zero-order chi connectivity index (χ0) is 13.0. The second-order valence-corrected chi connectivity index (χ2v) is 3.85. The first kappa shape index (κ1) is 13.1. The van der Waals surface area contributed by atoms with Crippen molar-refractivity contribution < 1.29 is 14.8 Å². The molecule has 0 heterocycles. The van der Waals surface area contributed by atoms with Gasteiger partial charge < -0.3 is 10.0 Å². The molecule has 1 rings (SSSR count). The van der Waals surface area contributed by atoms with E-state index in [9.17, 15) is 20.0 Å². The lowest BCUT2D eigenvalue weighted by Gasteiger charge is -2.20. The van der Waals surface area contributed by atoms with Crippen molar-refractivity contribution in [2.24, 2.45) is 0 Å². The molecule has 0 amide bonds. The van der Waals surface area contributed by atoms with Crippen LogP contribution >= 0.6 is 0 Å². The monoisotopic (exact) mass is 238 g/mol. The number of carbonyl (C=O) groups is 1. The molecule has 0 aliphatic carbocycles. The SMILES string of the molecule is CC(O)CN(C)c1ccc(C=O)cc1[N+](=O)[O-]. The van der Waals surface area contributed by atoms with Gasteiger partial charge in [0, 0.05) is 25.2 Å². The number of aliphatic hydroxyl groups is 1. The molecular formula is C11H14N2O4. The Balaban J connectivity index is 3.14. The van der Waals surface area contributed by atoms with E-state index in [0.29, 0.717) is 12.0 Å². The molecule has 0 saturated heterocycles. The molecule has 17 heavy (non-hydrogen) atoms. The van der Waals surface area contributed by atoms with Crippen LogP contribution < -0.4 is 4.90 Å². The van der Waals surface area contributed by atoms with E-state index < -0.39 is 11.0 Å². The highest BCUT2D eigenvalue weighted by Gasteiger charge is 2.18. The Morgan fingerprint density at radius 2 is 2.24 bits per heavy atom. The smallest absolute Gasteiger partial charge is 0.293 e. The van der Waals surface area contributed by atoms with Crippen LogP contribution in [0.25, 0.3) is 0 Å². The molecule has 0 radical (unpaired) electrons. The van der Waals surface area contributed by atoms with Crippen molar-refractivity contribution in [3.05, 3.63) is 33.9 Å². The Morgan fingerprint density at radius 3 is 2.71 bits per heavy atom. The van der Waals surface area contributed by atoms with Crippen LogP contribution in [-0.2, 0) is 0 Å². The third-order valence-electron chi connectivity index (χ3n) is 2.28. The molecule has 1 aromatic rings. The Labute approximate surface area is 98.6 Å². The first-order valence-electron chi connectivity index (χ1n) is 5.08. The number of likely N-dealkylation sites (N-methyl/N-ethyl adjacent to an activating group) is 1. The number of rotatable bonds is 5. The number of nitro benzene ring substituents is 1. The van der Waals surface area contributed by atoms with Gasteiger partial charge in [0.25, 0.3) is 5.69 Å². The minimum Gasteiger partial charge on any atom is -0.392 e. The summed E-state index contributed by atoms with van der Waals surface area (Å²) in [7, 11) is 1.65. The summed E-state index contributed by atoms with van der Waals surface area (Å²) in [4.78, 5) is 22.5. The van der Waals surface area contributed by atoms with Gasteiger partial charge in [-0.25, -0.2) is 0 Å². The van der Waals surface area contributed by atoms with Gasteiger partial charge in [0.1, 0.15) is 12.0 Å². The zero-order valence-electron chi connectivity index (χ0n) is 9.66. The highest BCUT2D eigenvalue weighted by molar-refractivity contribution is 5.79. The molecule has 92 valence electrons. The zero-order valence-corrected chi connectivity index (χ0v) is 9.66. The summed E-state index contributed by atoms with van der Waals surface area (Å²) in [5.74, 6) is 0. The van der Waals surface area contributed by atoms with Crippen LogP contribution in [0.2, 0.25) is 0 Å². The van der Waals surface area contributed by atoms with Gasteiger partial charge in [-0.1, -0.05) is 0 Å². The molecule has 0 aromatic heterocycles. The predicted molar refractivity (Wildman–Crippen MR) is 63.4 cm³/mol. The number of nitro groups is 1. The summed E-state index contributed by atoms with van der Waals surface area (Å²) in [6.45, 7) is 1.88. The molecule has 0 fully saturated rings. The van der Waals surface area contributed by atoms with Crippen LogP contribution in [0.1, 0.15) is 17.3 Å². The van der Waals surface area contributed by atoms with E-state index in [-0.39, 0.29) is 17.8 Å². The van der Waals surface area contributed by atoms with Gasteiger partial charge in [-0.2, -0.15) is 0 Å². The quantitative estimate of drug-likeness (QED) is 0.473. The number of hydrogen-bond donors (Lipinski definition) is 1. The lowest BCUT2D eigenvalue weighted by atomic mass is 10.1. The number of nitrogens with zero attached hydrogens (tertiary/aromatic N) is 2. The van der Waals surface area contributed by atoms with E-state index >= 15 is 0 Å². The van der Waals surface area contributed by atoms with Gasteiger partial charge in [-0.05, 0) is 19.1 Å². The molecular weight excluding hydrogens is 224 g/mol. The van der Waals surface area contributed by atoms with Crippen LogP contribution in [-0.4, -0.2) is 36.0 Å². The molecule has 0 aliphatic heterocycles. The Hall–Kier alpha value is -1.95. The second kappa shape index (κ2) is 5.40. The van der Waals surface area contributed by atoms with Crippen LogP contribution in [0, 0.1) is 10.1 Å². The van der Waals surface area contributed by atoms with Crippen molar-refractivity contribution in [2.75, 3.05) is 18.5 Å². The number of benzene rings is 1. The van der Waals surface area contributed by atoms with E-state index in [2.05, 4.69) is 0 Å². The van der Waals surface area contributed by atoms with E-state index in [1.807, 2.05) is 0 Å². The minimum atomic E-state index is -0.592. The number of hydrogen-bond acceptors (Lipinski definition) is 5. The molecule has 6 nitrogen and oxygen atoms in total. The van der Waals surface area contributed by atoms with Gasteiger partial charge >= 0.3 is 0 Å². The summed E-state index contributed by atoms with van der Waals surface area (Å²) in [5.41, 5.74) is 0.491. The van der Waals surface area contributed by atoms with E-state index in [0.717, 1.165) is 0 Å². The average molecular weight is 238 g/mol. The maximum absolute atomic E-state index is 10.9. The van der Waals surface area contributed by atoms with Crippen LogP contribution in [0.5, 0.6) is 0 Å². The van der Waals surface area contributed by atoms with Gasteiger partial charge in [-0.3, -0.25) is 14.9 Å². The third-order valence-corrected chi connectivity index (χ3v) is 2.28. The topological polar surface area (TPSA) is 83.7 Å². The number of aldehydes is 1. The first-order chi connectivity index (χ1) is 7.95. The van der Waals surface area contributed by atoms with Crippen LogP contribution in [0.4, 0.5) is 11.4 Å². The van der Waals surface area contributed by atoms with Crippen molar-refractivity contribution in [1.29, 1.82) is 0 Å². The lowest BCUT2D eigenvalue weighted by Crippen LogP contribution is -2.27. The molecule has 1 atom stereocenters. The van der Waals surface area contributed by atoms with Gasteiger partial charge in [-0.15, -0.1) is 0 Å². The summed E-state index contributed by atoms with van der Waals surface area (Å²) in [5, 5.41) is 20.1. The molecule has 0 saturated carbocycles. The Morgan fingerprint density at radius 1 is 1.59 bits per heavy atom. The number of aliphatic hydroxyl groups excluding tert-OH is 1. The molecule has 0 aliphatic rings. The standard InChI is InChI=1S/C11H14N2O4/c1-8(15)6-12(2)10-4-3-9(7-14)5-11(10)13(16)17/h3-5,7-8,15H,6H2,1-2H3. The highest BCUT2D eigenvalue weighted by Crippen LogP contribution is 2.28. The maximum atomic E-state index is 10.9. The van der Waals surface area contributed by atoms with Crippen molar-refractivity contribution >= 4 is 17.7 Å². The lowest BCUT2D eigenvalue weighted by molar-refractivity contribution is -0.384. The molecule has 1 aromatic carbocycles. The minimum absolute atomic E-state index is 0.141. The Bertz CT molecular complexity index is 431. The fourth-order valence-electron chi connectivity index (χ4n) is 1.58. The van der Waals surface area contributed by atoms with Crippen molar-refractivity contribution in [1.82, 2.24) is 0 Å². The molecule has 1 N–H and O–H groups in total. The van der Waals surface area contributed by atoms with Gasteiger partial charge in [0.2, 0.25) is 0 Å². The second-order valence-electron chi connectivity index (χ2n) is 3.85. The van der Waals surface area contributed by atoms with Gasteiger partial charge in [0.15, 0.2) is 0 Å². The Kier molecular flexibility index (Phi) is 4.17. The van der Waals surface area contributed by atoms with E-state index in [1.165, 1.54) is 18.2 Å². The fraction of sp³-hybridized carbons (Fsp3) is 0.364. The van der Waals surface area contributed by atoms with Crippen molar-refractivity contribution in [2.45, 2.75) is 13.0 Å². The summed E-state index contributed by atoms with van der Waals surface area (Å²) in [6.07, 6.45) is -0.0313. The van der Waals surface area contributed by atoms with Crippen LogP contribution in [0.3, 0.4) is 0 Å². The third kappa shape index (κ3) is 3.25. The molecule has 1 unspecified atom stereocenters. The molecule has 6 heteroatoms. The van der Waals surface area contributed by atoms with Crippen LogP contribution in [0.15, 0.2) is 18.2 Å². The average Bonchev–Trinajstić information content (AvgIpc) is 2.27. The molecule has 0 spiro atoms. The summed E-state index contributed by atoms with van der Waals surface area (Å²) >= 11 is 0. The first-order valence-corrected chi connectivity index (χ1v) is 5.08. The van der Waals surface area contributed by atoms with E-state index in [4.69, 9.17) is 0 Å².